The van der Waals surface area contributed by atoms with Gasteiger partial charge in [-0.1, -0.05) is 48.0 Å². The Morgan fingerprint density at radius 3 is 2.63 bits per heavy atom. The van der Waals surface area contributed by atoms with Crippen molar-refractivity contribution in [1.82, 2.24) is 10.2 Å². The lowest BCUT2D eigenvalue weighted by Crippen LogP contribution is -2.33. The summed E-state index contributed by atoms with van der Waals surface area (Å²) in [6.07, 6.45) is 2.85. The monoisotopic (exact) mass is 364 g/mol. The minimum Gasteiger partial charge on any atom is -0.494 e. The fraction of sp³-hybridized carbons (Fsp3) is 0.348. The molecular formula is C23H28N2O2. The second-order valence-corrected chi connectivity index (χ2v) is 6.96. The van der Waals surface area contributed by atoms with Crippen molar-refractivity contribution in [3.05, 3.63) is 76.9 Å². The summed E-state index contributed by atoms with van der Waals surface area (Å²) in [6.45, 7) is 7.94. The molecule has 0 saturated heterocycles. The van der Waals surface area contributed by atoms with Gasteiger partial charge in [0.1, 0.15) is 5.75 Å². The molecule has 0 bridgehead atoms. The maximum absolute atomic E-state index is 12.4. The van der Waals surface area contributed by atoms with Crippen molar-refractivity contribution in [1.29, 1.82) is 0 Å². The summed E-state index contributed by atoms with van der Waals surface area (Å²) in [6, 6.07) is 16.5. The summed E-state index contributed by atoms with van der Waals surface area (Å²) in [5.41, 5.74) is 4.58. The first-order valence-corrected chi connectivity index (χ1v) is 9.61. The van der Waals surface area contributed by atoms with Gasteiger partial charge in [-0.15, -0.1) is 0 Å². The molecule has 1 heterocycles. The van der Waals surface area contributed by atoms with Gasteiger partial charge in [-0.05, 0) is 43.5 Å². The standard InChI is InChI=1S/C23H28N2O2/c1-3-27-22-9-7-19(8-10-22)16-24-23(26)21-11-13-25(14-12-21)17-20-6-4-5-18(2)15-20/h4-11,15H,3,12-14,16-17H2,1-2H3,(H,24,26). The Labute approximate surface area is 161 Å². The van der Waals surface area contributed by atoms with Crippen LogP contribution in [0.2, 0.25) is 0 Å². The Hall–Kier alpha value is -2.59. The molecule has 4 nitrogen and oxygen atoms in total. The fourth-order valence-corrected chi connectivity index (χ4v) is 3.30. The number of hydrogen-bond acceptors (Lipinski definition) is 3. The Balaban J connectivity index is 1.47. The number of nitrogens with zero attached hydrogens (tertiary/aromatic N) is 1. The average molecular weight is 364 g/mol. The zero-order valence-electron chi connectivity index (χ0n) is 16.2. The number of nitrogens with one attached hydrogen (secondary N) is 1. The van der Waals surface area contributed by atoms with Crippen molar-refractivity contribution in [2.45, 2.75) is 33.4 Å². The number of aryl methyl sites for hydroxylation is 1. The van der Waals surface area contributed by atoms with E-state index < -0.39 is 0 Å². The molecule has 0 atom stereocenters. The van der Waals surface area contributed by atoms with Gasteiger partial charge < -0.3 is 10.1 Å². The van der Waals surface area contributed by atoms with Crippen LogP contribution in [0.5, 0.6) is 5.75 Å². The van der Waals surface area contributed by atoms with E-state index in [1.165, 1.54) is 11.1 Å². The molecule has 4 heteroatoms. The van der Waals surface area contributed by atoms with Crippen LogP contribution in [0.1, 0.15) is 30.0 Å². The number of benzene rings is 2. The molecule has 0 unspecified atom stereocenters. The summed E-state index contributed by atoms with van der Waals surface area (Å²) in [4.78, 5) is 14.8. The molecule has 1 N–H and O–H groups in total. The highest BCUT2D eigenvalue weighted by atomic mass is 16.5. The van der Waals surface area contributed by atoms with Gasteiger partial charge in [0.2, 0.25) is 5.91 Å². The van der Waals surface area contributed by atoms with Crippen molar-refractivity contribution >= 4 is 5.91 Å². The first-order chi connectivity index (χ1) is 13.1. The Morgan fingerprint density at radius 2 is 1.96 bits per heavy atom. The van der Waals surface area contributed by atoms with Gasteiger partial charge >= 0.3 is 0 Å². The SMILES string of the molecule is CCOc1ccc(CNC(=O)C2=CCN(Cc3cccc(C)c3)CC2)cc1. The molecular weight excluding hydrogens is 336 g/mol. The smallest absolute Gasteiger partial charge is 0.247 e. The molecule has 0 radical (unpaired) electrons. The van der Waals surface area contributed by atoms with Gasteiger partial charge in [-0.2, -0.15) is 0 Å². The number of carbonyl (C=O) groups excluding carboxylic acids is 1. The Bertz CT molecular complexity index is 796. The Morgan fingerprint density at radius 1 is 1.15 bits per heavy atom. The molecule has 3 rings (SSSR count). The molecule has 1 aliphatic heterocycles. The topological polar surface area (TPSA) is 41.6 Å². The summed E-state index contributed by atoms with van der Waals surface area (Å²) < 4.78 is 5.44. The van der Waals surface area contributed by atoms with Crippen LogP contribution < -0.4 is 10.1 Å². The molecule has 0 aliphatic carbocycles. The molecule has 0 saturated carbocycles. The predicted octanol–water partition coefficient (Wildman–Crippen LogP) is 3.84. The van der Waals surface area contributed by atoms with Crippen molar-refractivity contribution < 1.29 is 9.53 Å². The van der Waals surface area contributed by atoms with Crippen LogP contribution in [-0.2, 0) is 17.9 Å². The van der Waals surface area contributed by atoms with Crippen LogP contribution in [0.3, 0.4) is 0 Å². The third kappa shape index (κ3) is 5.69. The molecule has 27 heavy (non-hydrogen) atoms. The summed E-state index contributed by atoms with van der Waals surface area (Å²) in [5.74, 6) is 0.898. The summed E-state index contributed by atoms with van der Waals surface area (Å²) in [5, 5.41) is 3.03. The van der Waals surface area contributed by atoms with E-state index in [1.807, 2.05) is 31.2 Å². The summed E-state index contributed by atoms with van der Waals surface area (Å²) >= 11 is 0. The second kappa shape index (κ2) is 9.38. The number of rotatable bonds is 7. The van der Waals surface area contributed by atoms with Gasteiger partial charge in [0.05, 0.1) is 6.61 Å². The average Bonchev–Trinajstić information content (AvgIpc) is 2.68. The van der Waals surface area contributed by atoms with Crippen LogP contribution in [0, 0.1) is 6.92 Å². The number of hydrogen-bond donors (Lipinski definition) is 1. The number of carbonyl (C=O) groups is 1. The zero-order chi connectivity index (χ0) is 19.1. The largest absolute Gasteiger partial charge is 0.494 e. The van der Waals surface area contributed by atoms with E-state index in [0.29, 0.717) is 13.2 Å². The van der Waals surface area contributed by atoms with Crippen molar-refractivity contribution in [3.8, 4) is 5.75 Å². The van der Waals surface area contributed by atoms with E-state index in [1.54, 1.807) is 0 Å². The van der Waals surface area contributed by atoms with Gasteiger partial charge in [-0.3, -0.25) is 9.69 Å². The quantitative estimate of drug-likeness (QED) is 0.812. The number of ether oxygens (including phenoxy) is 1. The molecule has 142 valence electrons. The van der Waals surface area contributed by atoms with Crippen molar-refractivity contribution in [2.24, 2.45) is 0 Å². The third-order valence-corrected chi connectivity index (χ3v) is 4.76. The van der Waals surface area contributed by atoms with Gasteiger partial charge in [0.25, 0.3) is 0 Å². The van der Waals surface area contributed by atoms with Crippen molar-refractivity contribution in [2.75, 3.05) is 19.7 Å². The normalized spacial score (nSPS) is 14.5. The maximum Gasteiger partial charge on any atom is 0.247 e. The lowest BCUT2D eigenvalue weighted by Gasteiger charge is -2.26. The van der Waals surface area contributed by atoms with Crippen LogP contribution >= 0.6 is 0 Å². The minimum atomic E-state index is 0.0408. The molecule has 0 fully saturated rings. The van der Waals surface area contributed by atoms with E-state index in [0.717, 1.165) is 42.9 Å². The highest BCUT2D eigenvalue weighted by Gasteiger charge is 2.17. The molecule has 2 aromatic rings. The number of amides is 1. The first-order valence-electron chi connectivity index (χ1n) is 9.61. The first kappa shape index (κ1) is 19.2. The summed E-state index contributed by atoms with van der Waals surface area (Å²) in [7, 11) is 0. The highest BCUT2D eigenvalue weighted by Crippen LogP contribution is 2.16. The zero-order valence-corrected chi connectivity index (χ0v) is 16.2. The molecule has 1 amide bonds. The van der Waals surface area contributed by atoms with Crippen LogP contribution in [0.25, 0.3) is 0 Å². The third-order valence-electron chi connectivity index (χ3n) is 4.76. The van der Waals surface area contributed by atoms with E-state index >= 15 is 0 Å². The minimum absolute atomic E-state index is 0.0408. The van der Waals surface area contributed by atoms with Gasteiger partial charge in [0, 0.05) is 31.8 Å². The van der Waals surface area contributed by atoms with Crippen LogP contribution in [0.15, 0.2) is 60.2 Å². The molecule has 2 aromatic carbocycles. The van der Waals surface area contributed by atoms with E-state index in [2.05, 4.69) is 47.5 Å². The van der Waals surface area contributed by atoms with Crippen molar-refractivity contribution in [3.63, 3.8) is 0 Å². The van der Waals surface area contributed by atoms with Crippen LogP contribution in [0.4, 0.5) is 0 Å². The van der Waals surface area contributed by atoms with E-state index in [9.17, 15) is 4.79 Å². The van der Waals surface area contributed by atoms with E-state index in [-0.39, 0.29) is 5.91 Å². The predicted molar refractivity (Wildman–Crippen MR) is 109 cm³/mol. The fourth-order valence-electron chi connectivity index (χ4n) is 3.30. The molecule has 0 aromatic heterocycles. The lowest BCUT2D eigenvalue weighted by atomic mass is 10.1. The molecule has 1 aliphatic rings. The van der Waals surface area contributed by atoms with E-state index in [4.69, 9.17) is 4.74 Å². The van der Waals surface area contributed by atoms with Gasteiger partial charge in [0.15, 0.2) is 0 Å². The molecule has 0 spiro atoms. The van der Waals surface area contributed by atoms with Gasteiger partial charge in [-0.25, -0.2) is 0 Å². The second-order valence-electron chi connectivity index (χ2n) is 6.96. The highest BCUT2D eigenvalue weighted by molar-refractivity contribution is 5.93. The Kier molecular flexibility index (Phi) is 6.66. The maximum atomic E-state index is 12.4. The van der Waals surface area contributed by atoms with Crippen LogP contribution in [-0.4, -0.2) is 30.5 Å². The lowest BCUT2D eigenvalue weighted by molar-refractivity contribution is -0.117.